The molecule has 0 saturated heterocycles. The Morgan fingerprint density at radius 3 is 2.57 bits per heavy atom. The third-order valence-corrected chi connectivity index (χ3v) is 3.05. The SMILES string of the molecule is COc1ccc(/C=N\NC(=O)/C=C/c2ccccc2)c(OC)c1. The lowest BCUT2D eigenvalue weighted by Crippen LogP contribution is -2.14. The van der Waals surface area contributed by atoms with E-state index in [2.05, 4.69) is 10.5 Å². The lowest BCUT2D eigenvalue weighted by Gasteiger charge is -2.06. The summed E-state index contributed by atoms with van der Waals surface area (Å²) in [7, 11) is 3.15. The molecule has 1 amide bonds. The molecule has 0 aromatic heterocycles. The minimum Gasteiger partial charge on any atom is -0.497 e. The fraction of sp³-hybridized carbons (Fsp3) is 0.111. The van der Waals surface area contributed by atoms with Crippen molar-refractivity contribution >= 4 is 18.2 Å². The van der Waals surface area contributed by atoms with Gasteiger partial charge in [-0.15, -0.1) is 0 Å². The van der Waals surface area contributed by atoms with Gasteiger partial charge in [-0.3, -0.25) is 4.79 Å². The zero-order valence-electron chi connectivity index (χ0n) is 13.0. The van der Waals surface area contributed by atoms with Crippen molar-refractivity contribution in [3.05, 3.63) is 65.7 Å². The number of benzene rings is 2. The summed E-state index contributed by atoms with van der Waals surface area (Å²) in [4.78, 5) is 11.7. The molecule has 2 aromatic rings. The highest BCUT2D eigenvalue weighted by Crippen LogP contribution is 2.22. The Balaban J connectivity index is 1.96. The zero-order valence-corrected chi connectivity index (χ0v) is 13.0. The molecule has 0 saturated carbocycles. The summed E-state index contributed by atoms with van der Waals surface area (Å²) < 4.78 is 10.4. The highest BCUT2D eigenvalue weighted by atomic mass is 16.5. The second-order valence-electron chi connectivity index (χ2n) is 4.59. The van der Waals surface area contributed by atoms with Gasteiger partial charge in [0, 0.05) is 17.7 Å². The van der Waals surface area contributed by atoms with Crippen molar-refractivity contribution in [1.82, 2.24) is 5.43 Å². The van der Waals surface area contributed by atoms with E-state index in [1.807, 2.05) is 30.3 Å². The van der Waals surface area contributed by atoms with Crippen molar-refractivity contribution in [1.29, 1.82) is 0 Å². The Morgan fingerprint density at radius 2 is 1.87 bits per heavy atom. The lowest BCUT2D eigenvalue weighted by molar-refractivity contribution is -0.116. The number of hydrogen-bond donors (Lipinski definition) is 1. The number of methoxy groups -OCH3 is 2. The van der Waals surface area contributed by atoms with Crippen molar-refractivity contribution in [2.75, 3.05) is 14.2 Å². The highest BCUT2D eigenvalue weighted by Gasteiger charge is 2.02. The maximum absolute atomic E-state index is 11.7. The molecule has 0 bridgehead atoms. The molecular formula is C18H18N2O3. The van der Waals surface area contributed by atoms with Gasteiger partial charge in [-0.2, -0.15) is 5.10 Å². The van der Waals surface area contributed by atoms with Gasteiger partial charge in [0.15, 0.2) is 0 Å². The number of carbonyl (C=O) groups excluding carboxylic acids is 1. The summed E-state index contributed by atoms with van der Waals surface area (Å²) >= 11 is 0. The fourth-order valence-electron chi connectivity index (χ4n) is 1.86. The monoisotopic (exact) mass is 310 g/mol. The van der Waals surface area contributed by atoms with Crippen LogP contribution in [0.3, 0.4) is 0 Å². The minimum atomic E-state index is -0.308. The zero-order chi connectivity index (χ0) is 16.5. The van der Waals surface area contributed by atoms with Crippen LogP contribution in [-0.4, -0.2) is 26.3 Å². The molecule has 2 rings (SSSR count). The molecule has 2 aromatic carbocycles. The summed E-state index contributed by atoms with van der Waals surface area (Å²) in [6, 6.07) is 14.9. The van der Waals surface area contributed by atoms with Crippen molar-refractivity contribution in [2.24, 2.45) is 5.10 Å². The molecular weight excluding hydrogens is 292 g/mol. The fourth-order valence-corrected chi connectivity index (χ4v) is 1.86. The van der Waals surface area contributed by atoms with Crippen LogP contribution in [-0.2, 0) is 4.79 Å². The first-order valence-corrected chi connectivity index (χ1v) is 7.01. The van der Waals surface area contributed by atoms with Crippen molar-refractivity contribution in [3.63, 3.8) is 0 Å². The number of hydrogen-bond acceptors (Lipinski definition) is 4. The molecule has 0 spiro atoms. The minimum absolute atomic E-state index is 0.308. The first kappa shape index (κ1) is 16.3. The van der Waals surface area contributed by atoms with E-state index in [9.17, 15) is 4.79 Å². The quantitative estimate of drug-likeness (QED) is 0.507. The van der Waals surface area contributed by atoms with Gasteiger partial charge in [0.25, 0.3) is 5.91 Å². The second kappa shape index (κ2) is 8.38. The molecule has 0 aliphatic heterocycles. The highest BCUT2D eigenvalue weighted by molar-refractivity contribution is 5.93. The molecule has 5 heteroatoms. The number of nitrogens with zero attached hydrogens (tertiary/aromatic N) is 1. The summed E-state index contributed by atoms with van der Waals surface area (Å²) in [6.45, 7) is 0. The molecule has 0 radical (unpaired) electrons. The number of rotatable bonds is 6. The van der Waals surface area contributed by atoms with Crippen LogP contribution >= 0.6 is 0 Å². The van der Waals surface area contributed by atoms with E-state index in [1.54, 1.807) is 38.5 Å². The number of amides is 1. The van der Waals surface area contributed by atoms with E-state index >= 15 is 0 Å². The van der Waals surface area contributed by atoms with Crippen LogP contribution in [0.25, 0.3) is 6.08 Å². The molecule has 0 unspecified atom stereocenters. The third-order valence-electron chi connectivity index (χ3n) is 3.05. The van der Waals surface area contributed by atoms with Crippen LogP contribution < -0.4 is 14.9 Å². The average Bonchev–Trinajstić information content (AvgIpc) is 2.61. The van der Waals surface area contributed by atoms with Crippen molar-refractivity contribution in [2.45, 2.75) is 0 Å². The summed E-state index contributed by atoms with van der Waals surface area (Å²) in [5.41, 5.74) is 4.12. The standard InChI is InChI=1S/C18H18N2O3/c1-22-16-10-9-15(17(12-16)23-2)13-19-20-18(21)11-8-14-6-4-3-5-7-14/h3-13H,1-2H3,(H,20,21)/b11-8+,19-13-. The molecule has 118 valence electrons. The van der Waals surface area contributed by atoms with Crippen molar-refractivity contribution < 1.29 is 14.3 Å². The van der Waals surface area contributed by atoms with Gasteiger partial charge in [-0.05, 0) is 23.8 Å². The smallest absolute Gasteiger partial charge is 0.264 e. The van der Waals surface area contributed by atoms with Crippen LogP contribution in [0.15, 0.2) is 59.7 Å². The van der Waals surface area contributed by atoms with Gasteiger partial charge < -0.3 is 9.47 Å². The maximum atomic E-state index is 11.7. The number of carbonyl (C=O) groups is 1. The summed E-state index contributed by atoms with van der Waals surface area (Å²) in [5.74, 6) is 0.994. The Kier molecular flexibility index (Phi) is 5.94. The van der Waals surface area contributed by atoms with Crippen LogP contribution in [0.1, 0.15) is 11.1 Å². The Labute approximate surface area is 135 Å². The van der Waals surface area contributed by atoms with E-state index in [1.165, 1.54) is 12.3 Å². The lowest BCUT2D eigenvalue weighted by atomic mass is 10.2. The molecule has 0 aliphatic carbocycles. The van der Waals surface area contributed by atoms with Gasteiger partial charge in [-0.25, -0.2) is 5.43 Å². The molecule has 0 atom stereocenters. The van der Waals surface area contributed by atoms with Gasteiger partial charge in [-0.1, -0.05) is 30.3 Å². The maximum Gasteiger partial charge on any atom is 0.264 e. The van der Waals surface area contributed by atoms with Crippen LogP contribution in [0.5, 0.6) is 11.5 Å². The Morgan fingerprint density at radius 1 is 1.09 bits per heavy atom. The molecule has 0 aliphatic rings. The van der Waals surface area contributed by atoms with Crippen LogP contribution in [0.2, 0.25) is 0 Å². The predicted molar refractivity (Wildman–Crippen MR) is 90.8 cm³/mol. The molecule has 23 heavy (non-hydrogen) atoms. The average molecular weight is 310 g/mol. The van der Waals surface area contributed by atoms with E-state index < -0.39 is 0 Å². The van der Waals surface area contributed by atoms with Gasteiger partial charge in [0.05, 0.1) is 20.4 Å². The number of nitrogens with one attached hydrogen (secondary N) is 1. The molecule has 0 heterocycles. The molecule has 0 fully saturated rings. The first-order chi connectivity index (χ1) is 11.2. The summed E-state index contributed by atoms with van der Waals surface area (Å²) in [6.07, 6.45) is 4.67. The molecule has 5 nitrogen and oxygen atoms in total. The number of hydrazone groups is 1. The predicted octanol–water partition coefficient (Wildman–Crippen LogP) is 2.87. The topological polar surface area (TPSA) is 59.9 Å². The first-order valence-electron chi connectivity index (χ1n) is 7.01. The largest absolute Gasteiger partial charge is 0.497 e. The van der Waals surface area contributed by atoms with E-state index in [0.29, 0.717) is 11.5 Å². The number of ether oxygens (including phenoxy) is 2. The van der Waals surface area contributed by atoms with Gasteiger partial charge in [0.2, 0.25) is 0 Å². The van der Waals surface area contributed by atoms with Crippen LogP contribution in [0.4, 0.5) is 0 Å². The van der Waals surface area contributed by atoms with Crippen molar-refractivity contribution in [3.8, 4) is 11.5 Å². The van der Waals surface area contributed by atoms with Gasteiger partial charge in [0.1, 0.15) is 11.5 Å². The molecule has 1 N–H and O–H groups in total. The second-order valence-corrected chi connectivity index (χ2v) is 4.59. The third kappa shape index (κ3) is 5.00. The summed E-state index contributed by atoms with van der Waals surface area (Å²) in [5, 5.41) is 3.92. The van der Waals surface area contributed by atoms with E-state index in [-0.39, 0.29) is 5.91 Å². The Hall–Kier alpha value is -3.08. The van der Waals surface area contributed by atoms with Gasteiger partial charge >= 0.3 is 0 Å². The normalized spacial score (nSPS) is 10.9. The van der Waals surface area contributed by atoms with E-state index in [0.717, 1.165) is 11.1 Å². The van der Waals surface area contributed by atoms with E-state index in [4.69, 9.17) is 9.47 Å². The van der Waals surface area contributed by atoms with Crippen LogP contribution in [0, 0.1) is 0 Å². The Bertz CT molecular complexity index is 709.